The molecule has 0 saturated heterocycles. The predicted molar refractivity (Wildman–Crippen MR) is 63.0 cm³/mol. The van der Waals surface area contributed by atoms with Crippen molar-refractivity contribution < 1.29 is 8.94 Å². The van der Waals surface area contributed by atoms with Crippen LogP contribution in [0.15, 0.2) is 33.4 Å². The molecule has 0 amide bonds. The molecule has 0 aliphatic carbocycles. The summed E-state index contributed by atoms with van der Waals surface area (Å²) < 4.78 is 10.1. The minimum Gasteiger partial charge on any atom is -0.467 e. The van der Waals surface area contributed by atoms with E-state index in [0.717, 1.165) is 11.5 Å². The van der Waals surface area contributed by atoms with Crippen LogP contribution in [0.3, 0.4) is 0 Å². The Labute approximate surface area is 97.8 Å². The first-order valence-corrected chi connectivity index (χ1v) is 5.15. The van der Waals surface area contributed by atoms with E-state index < -0.39 is 0 Å². The van der Waals surface area contributed by atoms with Crippen molar-refractivity contribution in [3.05, 3.63) is 36.0 Å². The third kappa shape index (κ3) is 2.83. The molecule has 0 aliphatic heterocycles. The third-order valence-corrected chi connectivity index (χ3v) is 2.12. The molecular weight excluding hydrogens is 226 g/mol. The number of aromatic nitrogens is 1. The Kier molecular flexibility index (Phi) is 3.21. The maximum absolute atomic E-state index is 5.15. The topological polar surface area (TPSA) is 63.2 Å². The van der Waals surface area contributed by atoms with E-state index in [1.165, 1.54) is 0 Å². The molecule has 0 bridgehead atoms. The van der Waals surface area contributed by atoms with Gasteiger partial charge in [-0.15, -0.1) is 0 Å². The van der Waals surface area contributed by atoms with E-state index in [-0.39, 0.29) is 0 Å². The molecule has 0 radical (unpaired) electrons. The molecule has 16 heavy (non-hydrogen) atoms. The Bertz CT molecular complexity index is 464. The highest BCUT2D eigenvalue weighted by molar-refractivity contribution is 7.80. The summed E-state index contributed by atoms with van der Waals surface area (Å²) in [5.74, 6) is 2.14. The van der Waals surface area contributed by atoms with Crippen LogP contribution in [0, 0.1) is 6.92 Å². The minimum absolute atomic E-state index is 0.477. The fourth-order valence-corrected chi connectivity index (χ4v) is 1.34. The predicted octanol–water partition coefficient (Wildman–Crippen LogP) is 2.06. The van der Waals surface area contributed by atoms with Gasteiger partial charge in [0, 0.05) is 6.07 Å². The van der Waals surface area contributed by atoms with Crippen molar-refractivity contribution in [2.45, 2.75) is 13.5 Å². The van der Waals surface area contributed by atoms with E-state index in [1.54, 1.807) is 12.3 Å². The van der Waals surface area contributed by atoms with Gasteiger partial charge in [-0.1, -0.05) is 5.16 Å². The first-order valence-electron chi connectivity index (χ1n) is 4.74. The van der Waals surface area contributed by atoms with Gasteiger partial charge in [0.25, 0.3) is 0 Å². The number of thiocarbonyl (C=S) groups is 1. The number of aryl methyl sites for hydroxylation is 1. The van der Waals surface area contributed by atoms with E-state index in [4.69, 9.17) is 21.2 Å². The van der Waals surface area contributed by atoms with Gasteiger partial charge in [0.1, 0.15) is 11.5 Å². The van der Waals surface area contributed by atoms with Crippen LogP contribution in [0.4, 0.5) is 5.82 Å². The van der Waals surface area contributed by atoms with Crippen LogP contribution < -0.4 is 10.6 Å². The lowest BCUT2D eigenvalue weighted by Gasteiger charge is -2.05. The van der Waals surface area contributed by atoms with Crippen LogP contribution >= 0.6 is 12.2 Å². The zero-order chi connectivity index (χ0) is 11.4. The SMILES string of the molecule is Cc1cc(NC(=S)NCc2ccco2)no1. The van der Waals surface area contributed by atoms with Crippen LogP contribution in [0.1, 0.15) is 11.5 Å². The number of anilines is 1. The van der Waals surface area contributed by atoms with Crippen LogP contribution in [0.25, 0.3) is 0 Å². The number of nitrogens with one attached hydrogen (secondary N) is 2. The standard InChI is InChI=1S/C10H11N3O2S/c1-7-5-9(13-15-7)12-10(16)11-6-8-3-2-4-14-8/h2-5H,6H2,1H3,(H2,11,12,13,16). The fourth-order valence-electron chi connectivity index (χ4n) is 1.17. The van der Waals surface area contributed by atoms with Crippen LogP contribution in [-0.2, 0) is 6.54 Å². The zero-order valence-electron chi connectivity index (χ0n) is 8.69. The maximum atomic E-state index is 5.15. The monoisotopic (exact) mass is 237 g/mol. The van der Waals surface area contributed by atoms with Gasteiger partial charge >= 0.3 is 0 Å². The molecule has 2 heterocycles. The van der Waals surface area contributed by atoms with Crippen LogP contribution in [0.5, 0.6) is 0 Å². The summed E-state index contributed by atoms with van der Waals surface area (Å²) in [5, 5.41) is 10.1. The van der Waals surface area contributed by atoms with Crippen molar-refractivity contribution in [3.8, 4) is 0 Å². The van der Waals surface area contributed by atoms with Gasteiger partial charge in [-0.05, 0) is 31.3 Å². The first-order chi connectivity index (χ1) is 7.74. The number of hydrogen-bond donors (Lipinski definition) is 2. The summed E-state index contributed by atoms with van der Waals surface area (Å²) in [6.45, 7) is 2.35. The Morgan fingerprint density at radius 1 is 1.56 bits per heavy atom. The third-order valence-electron chi connectivity index (χ3n) is 1.87. The Balaban J connectivity index is 1.81. The van der Waals surface area contributed by atoms with E-state index in [2.05, 4.69) is 15.8 Å². The van der Waals surface area contributed by atoms with Crippen molar-refractivity contribution in [3.63, 3.8) is 0 Å². The Morgan fingerprint density at radius 2 is 2.44 bits per heavy atom. The summed E-state index contributed by atoms with van der Waals surface area (Å²) >= 11 is 5.07. The second-order valence-electron chi connectivity index (χ2n) is 3.21. The fraction of sp³-hybridized carbons (Fsp3) is 0.200. The summed E-state index contributed by atoms with van der Waals surface area (Å²) in [6.07, 6.45) is 1.62. The number of nitrogens with zero attached hydrogens (tertiary/aromatic N) is 1. The van der Waals surface area contributed by atoms with Gasteiger partial charge in [0.2, 0.25) is 0 Å². The average molecular weight is 237 g/mol. The first kappa shape index (κ1) is 10.7. The smallest absolute Gasteiger partial charge is 0.175 e. The molecule has 84 valence electrons. The molecule has 0 aliphatic rings. The van der Waals surface area contributed by atoms with Gasteiger partial charge < -0.3 is 19.6 Å². The lowest BCUT2D eigenvalue weighted by atomic mass is 10.4. The normalized spacial score (nSPS) is 10.1. The van der Waals surface area contributed by atoms with Crippen molar-refractivity contribution in [2.24, 2.45) is 0 Å². The largest absolute Gasteiger partial charge is 0.467 e. The van der Waals surface area contributed by atoms with Crippen LogP contribution in [-0.4, -0.2) is 10.3 Å². The molecule has 0 spiro atoms. The lowest BCUT2D eigenvalue weighted by Crippen LogP contribution is -2.27. The van der Waals surface area contributed by atoms with E-state index in [1.807, 2.05) is 19.1 Å². The molecular formula is C10H11N3O2S. The molecule has 5 nitrogen and oxygen atoms in total. The van der Waals surface area contributed by atoms with Gasteiger partial charge in [-0.2, -0.15) is 0 Å². The van der Waals surface area contributed by atoms with Crippen LogP contribution in [0.2, 0.25) is 0 Å². The quantitative estimate of drug-likeness (QED) is 0.797. The van der Waals surface area contributed by atoms with Gasteiger partial charge in [-0.3, -0.25) is 0 Å². The van der Waals surface area contributed by atoms with E-state index in [0.29, 0.717) is 17.5 Å². The second-order valence-corrected chi connectivity index (χ2v) is 3.62. The van der Waals surface area contributed by atoms with Crippen molar-refractivity contribution in [1.82, 2.24) is 10.5 Å². The maximum Gasteiger partial charge on any atom is 0.175 e. The van der Waals surface area contributed by atoms with Gasteiger partial charge in [0.05, 0.1) is 12.8 Å². The van der Waals surface area contributed by atoms with Gasteiger partial charge in [-0.25, -0.2) is 0 Å². The molecule has 0 atom stereocenters. The second kappa shape index (κ2) is 4.80. The number of rotatable bonds is 3. The highest BCUT2D eigenvalue weighted by atomic mass is 32.1. The van der Waals surface area contributed by atoms with E-state index >= 15 is 0 Å². The van der Waals surface area contributed by atoms with Gasteiger partial charge in [0.15, 0.2) is 10.9 Å². The zero-order valence-corrected chi connectivity index (χ0v) is 9.50. The lowest BCUT2D eigenvalue weighted by molar-refractivity contribution is 0.400. The molecule has 2 rings (SSSR count). The minimum atomic E-state index is 0.477. The average Bonchev–Trinajstić information content (AvgIpc) is 2.87. The summed E-state index contributed by atoms with van der Waals surface area (Å²) in [6, 6.07) is 5.46. The Morgan fingerprint density at radius 3 is 3.06 bits per heavy atom. The van der Waals surface area contributed by atoms with Crippen molar-refractivity contribution >= 4 is 23.1 Å². The summed E-state index contributed by atoms with van der Waals surface area (Å²) in [7, 11) is 0. The molecule has 0 aromatic carbocycles. The van der Waals surface area contributed by atoms with Crippen molar-refractivity contribution in [1.29, 1.82) is 0 Å². The highest BCUT2D eigenvalue weighted by Crippen LogP contribution is 2.06. The molecule has 6 heteroatoms. The molecule has 0 saturated carbocycles. The Hall–Kier alpha value is -1.82. The molecule has 2 N–H and O–H groups in total. The highest BCUT2D eigenvalue weighted by Gasteiger charge is 2.02. The van der Waals surface area contributed by atoms with Crippen molar-refractivity contribution in [2.75, 3.05) is 5.32 Å². The number of furan rings is 1. The number of hydrogen-bond acceptors (Lipinski definition) is 4. The molecule has 0 fully saturated rings. The molecule has 0 unspecified atom stereocenters. The summed E-state index contributed by atoms with van der Waals surface area (Å²) in [4.78, 5) is 0. The molecule has 2 aromatic heterocycles. The van der Waals surface area contributed by atoms with E-state index in [9.17, 15) is 0 Å². The molecule has 2 aromatic rings. The summed E-state index contributed by atoms with van der Waals surface area (Å²) in [5.41, 5.74) is 0.